The lowest BCUT2D eigenvalue weighted by Crippen LogP contribution is -2.05. The summed E-state index contributed by atoms with van der Waals surface area (Å²) in [5, 5.41) is 0. The van der Waals surface area contributed by atoms with Gasteiger partial charge in [0.2, 0.25) is 0 Å². The average Bonchev–Trinajstić information content (AvgIpc) is 2.48. The number of ether oxygens (including phenoxy) is 2. The zero-order valence-corrected chi connectivity index (χ0v) is 14.1. The van der Waals surface area contributed by atoms with Crippen LogP contribution in [0.4, 0.5) is 5.82 Å². The van der Waals surface area contributed by atoms with Crippen molar-refractivity contribution in [2.45, 2.75) is 19.8 Å². The van der Waals surface area contributed by atoms with E-state index in [2.05, 4.69) is 39.7 Å². The molecule has 0 saturated carbocycles. The first-order chi connectivity index (χ1) is 9.99. The summed E-state index contributed by atoms with van der Waals surface area (Å²) in [6.07, 6.45) is 0. The van der Waals surface area contributed by atoms with Crippen LogP contribution in [0.3, 0.4) is 0 Å². The zero-order chi connectivity index (χ0) is 15.6. The van der Waals surface area contributed by atoms with Crippen molar-refractivity contribution in [3.8, 4) is 22.9 Å². The predicted octanol–water partition coefficient (Wildman–Crippen LogP) is 3.63. The summed E-state index contributed by atoms with van der Waals surface area (Å²) in [5.74, 6) is 2.38. The Morgan fingerprint density at radius 2 is 1.86 bits per heavy atom. The lowest BCUT2D eigenvalue weighted by atomic mass is 10.1. The Bertz CT molecular complexity index is 660. The molecule has 1 heterocycles. The third-order valence-electron chi connectivity index (χ3n) is 3.09. The number of nitrogen functional groups attached to an aromatic ring is 1. The Balaban J connectivity index is 2.68. The van der Waals surface area contributed by atoms with Crippen LogP contribution in [-0.4, -0.2) is 24.2 Å². The Morgan fingerprint density at radius 1 is 1.14 bits per heavy atom. The maximum Gasteiger partial charge on any atom is 0.171 e. The van der Waals surface area contributed by atoms with Crippen molar-refractivity contribution >= 4 is 21.7 Å². The van der Waals surface area contributed by atoms with E-state index >= 15 is 0 Å². The molecule has 0 aliphatic rings. The number of nitrogens with two attached hydrogens (primary N) is 1. The highest BCUT2D eigenvalue weighted by atomic mass is 79.9. The number of nitrogens with zero attached hydrogens (tertiary/aromatic N) is 2. The minimum atomic E-state index is 0.222. The first-order valence-corrected chi connectivity index (χ1v) is 7.33. The van der Waals surface area contributed by atoms with Crippen molar-refractivity contribution in [3.63, 3.8) is 0 Å². The Labute approximate surface area is 132 Å². The van der Waals surface area contributed by atoms with Gasteiger partial charge in [-0.3, -0.25) is 0 Å². The van der Waals surface area contributed by atoms with E-state index in [4.69, 9.17) is 15.2 Å². The first-order valence-electron chi connectivity index (χ1n) is 6.53. The number of benzene rings is 1. The Hall–Kier alpha value is -1.82. The number of aromatic nitrogens is 2. The molecule has 2 N–H and O–H groups in total. The van der Waals surface area contributed by atoms with Crippen LogP contribution in [-0.2, 0) is 0 Å². The molecule has 0 bridgehead atoms. The molecule has 0 aliphatic heterocycles. The number of methoxy groups -OCH3 is 2. The van der Waals surface area contributed by atoms with Gasteiger partial charge < -0.3 is 15.2 Å². The molecule has 0 fully saturated rings. The molecule has 112 valence electrons. The second kappa shape index (κ2) is 6.30. The molecule has 1 aromatic heterocycles. The fourth-order valence-electron chi connectivity index (χ4n) is 2.05. The number of halogens is 1. The van der Waals surface area contributed by atoms with Gasteiger partial charge in [0.1, 0.15) is 5.82 Å². The number of para-hydroxylation sites is 1. The molecular formula is C15H18BrN3O2. The van der Waals surface area contributed by atoms with Gasteiger partial charge in [0.05, 0.1) is 29.9 Å². The summed E-state index contributed by atoms with van der Waals surface area (Å²) in [4.78, 5) is 8.97. The highest BCUT2D eigenvalue weighted by molar-refractivity contribution is 9.10. The smallest absolute Gasteiger partial charge is 0.171 e. The van der Waals surface area contributed by atoms with Gasteiger partial charge >= 0.3 is 0 Å². The van der Waals surface area contributed by atoms with Crippen molar-refractivity contribution in [3.05, 3.63) is 28.4 Å². The third-order valence-corrected chi connectivity index (χ3v) is 3.91. The van der Waals surface area contributed by atoms with Gasteiger partial charge in [-0.25, -0.2) is 9.97 Å². The van der Waals surface area contributed by atoms with E-state index in [1.54, 1.807) is 14.2 Å². The van der Waals surface area contributed by atoms with Crippen molar-refractivity contribution in [2.24, 2.45) is 0 Å². The van der Waals surface area contributed by atoms with Gasteiger partial charge in [0.25, 0.3) is 0 Å². The number of rotatable bonds is 4. The quantitative estimate of drug-likeness (QED) is 0.910. The summed E-state index contributed by atoms with van der Waals surface area (Å²) < 4.78 is 11.5. The van der Waals surface area contributed by atoms with Gasteiger partial charge in [-0.15, -0.1) is 0 Å². The van der Waals surface area contributed by atoms with Crippen LogP contribution < -0.4 is 15.2 Å². The van der Waals surface area contributed by atoms with E-state index in [0.29, 0.717) is 23.1 Å². The predicted molar refractivity (Wildman–Crippen MR) is 86.8 cm³/mol. The molecule has 0 amide bonds. The van der Waals surface area contributed by atoms with Crippen molar-refractivity contribution in [1.82, 2.24) is 9.97 Å². The molecule has 6 heteroatoms. The van der Waals surface area contributed by atoms with Gasteiger partial charge in [-0.05, 0) is 34.0 Å². The molecule has 21 heavy (non-hydrogen) atoms. The SMILES string of the molecule is COc1cccc(-c2nc(N)c(Br)c(C(C)C)n2)c1OC. The summed E-state index contributed by atoms with van der Waals surface area (Å²) in [5.41, 5.74) is 7.60. The second-order valence-corrected chi connectivity index (χ2v) is 5.62. The second-order valence-electron chi connectivity index (χ2n) is 4.83. The first kappa shape index (κ1) is 15.6. The van der Waals surface area contributed by atoms with Crippen molar-refractivity contribution in [2.75, 3.05) is 20.0 Å². The lowest BCUT2D eigenvalue weighted by molar-refractivity contribution is 0.356. The van der Waals surface area contributed by atoms with E-state index < -0.39 is 0 Å². The molecule has 5 nitrogen and oxygen atoms in total. The van der Waals surface area contributed by atoms with Crippen LogP contribution in [0, 0.1) is 0 Å². The fraction of sp³-hybridized carbons (Fsp3) is 0.333. The van der Waals surface area contributed by atoms with Crippen molar-refractivity contribution < 1.29 is 9.47 Å². The van der Waals surface area contributed by atoms with Crippen LogP contribution in [0.1, 0.15) is 25.5 Å². The molecule has 2 aromatic rings. The van der Waals surface area contributed by atoms with Crippen LogP contribution in [0.15, 0.2) is 22.7 Å². The average molecular weight is 352 g/mol. The lowest BCUT2D eigenvalue weighted by Gasteiger charge is -2.15. The van der Waals surface area contributed by atoms with Crippen LogP contribution in [0.5, 0.6) is 11.5 Å². The molecular weight excluding hydrogens is 334 g/mol. The van der Waals surface area contributed by atoms with Crippen LogP contribution >= 0.6 is 15.9 Å². The van der Waals surface area contributed by atoms with Gasteiger partial charge in [-0.1, -0.05) is 19.9 Å². The zero-order valence-electron chi connectivity index (χ0n) is 12.5. The maximum atomic E-state index is 5.99. The molecule has 0 unspecified atom stereocenters. The van der Waals surface area contributed by atoms with E-state index in [1.165, 1.54) is 0 Å². The van der Waals surface area contributed by atoms with E-state index in [9.17, 15) is 0 Å². The van der Waals surface area contributed by atoms with Crippen molar-refractivity contribution in [1.29, 1.82) is 0 Å². The summed E-state index contributed by atoms with van der Waals surface area (Å²) >= 11 is 3.45. The summed E-state index contributed by atoms with van der Waals surface area (Å²) in [6, 6.07) is 5.58. The molecule has 2 rings (SSSR count). The third kappa shape index (κ3) is 2.95. The highest BCUT2D eigenvalue weighted by Crippen LogP contribution is 2.38. The van der Waals surface area contributed by atoms with E-state index in [-0.39, 0.29) is 5.92 Å². The van der Waals surface area contributed by atoms with Crippen LogP contribution in [0.25, 0.3) is 11.4 Å². The van der Waals surface area contributed by atoms with E-state index in [1.807, 2.05) is 18.2 Å². The van der Waals surface area contributed by atoms with Crippen LogP contribution in [0.2, 0.25) is 0 Å². The molecule has 0 aliphatic carbocycles. The normalized spacial score (nSPS) is 10.8. The van der Waals surface area contributed by atoms with Gasteiger partial charge in [-0.2, -0.15) is 0 Å². The number of hydrogen-bond donors (Lipinski definition) is 1. The van der Waals surface area contributed by atoms with Gasteiger partial charge in [0.15, 0.2) is 17.3 Å². The fourth-order valence-corrected chi connectivity index (χ4v) is 2.68. The summed E-state index contributed by atoms with van der Waals surface area (Å²) in [6.45, 7) is 4.11. The molecule has 0 radical (unpaired) electrons. The molecule has 0 saturated heterocycles. The number of hydrogen-bond acceptors (Lipinski definition) is 5. The maximum absolute atomic E-state index is 5.99. The molecule has 1 aromatic carbocycles. The number of anilines is 1. The Morgan fingerprint density at radius 3 is 2.43 bits per heavy atom. The molecule has 0 atom stereocenters. The van der Waals surface area contributed by atoms with E-state index in [0.717, 1.165) is 15.7 Å². The topological polar surface area (TPSA) is 70.3 Å². The monoisotopic (exact) mass is 351 g/mol. The minimum absolute atomic E-state index is 0.222. The molecule has 0 spiro atoms. The standard InChI is InChI=1S/C15H18BrN3O2/c1-8(2)12-11(16)14(17)19-15(18-12)9-6-5-7-10(20-3)13(9)21-4/h5-8H,1-4H3,(H2,17,18,19). The minimum Gasteiger partial charge on any atom is -0.493 e. The van der Waals surface area contributed by atoms with Gasteiger partial charge in [0, 0.05) is 0 Å². The summed E-state index contributed by atoms with van der Waals surface area (Å²) in [7, 11) is 3.19. The largest absolute Gasteiger partial charge is 0.493 e. The Kier molecular flexibility index (Phi) is 4.67. The highest BCUT2D eigenvalue weighted by Gasteiger charge is 2.18.